The molecule has 2 nitrogen and oxygen atoms in total. The van der Waals surface area contributed by atoms with E-state index in [1.54, 1.807) is 17.5 Å². The predicted octanol–water partition coefficient (Wildman–Crippen LogP) is 2.50. The van der Waals surface area contributed by atoms with Crippen LogP contribution in [0.1, 0.15) is 5.69 Å². The van der Waals surface area contributed by atoms with Gasteiger partial charge in [0, 0.05) is 5.38 Å². The second-order valence-electron chi connectivity index (χ2n) is 2.70. The molecule has 1 N–H and O–H groups in total. The topological polar surface area (TPSA) is 33.1 Å². The Morgan fingerprint density at radius 2 is 2.14 bits per heavy atom. The fourth-order valence-corrected chi connectivity index (χ4v) is 1.91. The summed E-state index contributed by atoms with van der Waals surface area (Å²) in [4.78, 5) is 4.18. The lowest BCUT2D eigenvalue weighted by molar-refractivity contribution is 0.477. The van der Waals surface area contributed by atoms with Gasteiger partial charge in [-0.2, -0.15) is 0 Å². The maximum Gasteiger partial charge on any atom is 0.128 e. The molecule has 14 heavy (non-hydrogen) atoms. The van der Waals surface area contributed by atoms with E-state index in [1.807, 2.05) is 12.1 Å². The van der Waals surface area contributed by atoms with Crippen LogP contribution in [0.3, 0.4) is 0 Å². The summed E-state index contributed by atoms with van der Waals surface area (Å²) in [5.41, 5.74) is 1.33. The van der Waals surface area contributed by atoms with E-state index >= 15 is 0 Å². The molecule has 0 atom stereocenters. The summed E-state index contributed by atoms with van der Waals surface area (Å²) in [6, 6.07) is 7.07. The Kier molecular flexibility index (Phi) is 2.21. The highest BCUT2D eigenvalue weighted by Gasteiger charge is 2.06. The number of hydrogen-bond acceptors (Lipinski definition) is 3. The second-order valence-corrected chi connectivity index (χ2v) is 3.56. The first-order chi connectivity index (χ1) is 6.81. The van der Waals surface area contributed by atoms with Gasteiger partial charge in [-0.3, -0.25) is 0 Å². The molecule has 0 radical (unpaired) electrons. The van der Waals surface area contributed by atoms with Gasteiger partial charge in [-0.15, -0.1) is 17.8 Å². The zero-order valence-corrected chi connectivity index (χ0v) is 8.08. The summed E-state index contributed by atoms with van der Waals surface area (Å²) < 4.78 is 0. The molecule has 1 aromatic heterocycles. The number of nitrogens with zero attached hydrogens (tertiary/aromatic N) is 1. The molecule has 0 bridgehead atoms. The molecule has 0 amide bonds. The molecule has 0 saturated heterocycles. The number of thiazole rings is 1. The second kappa shape index (κ2) is 3.52. The monoisotopic (exact) mass is 201 g/mol. The van der Waals surface area contributed by atoms with Crippen LogP contribution in [0, 0.1) is 12.3 Å². The van der Waals surface area contributed by atoms with Crippen LogP contribution in [0.15, 0.2) is 29.6 Å². The van der Waals surface area contributed by atoms with Gasteiger partial charge in [0.1, 0.15) is 16.5 Å². The number of benzene rings is 1. The minimum absolute atomic E-state index is 0.227. The number of hydrogen-bond donors (Lipinski definition) is 1. The van der Waals surface area contributed by atoms with Crippen molar-refractivity contribution < 1.29 is 5.11 Å². The SMILES string of the molecule is C#Cc1csc(-c2ccccc2O)n1. The summed E-state index contributed by atoms with van der Waals surface area (Å²) in [6.07, 6.45) is 5.21. The Labute approximate surface area is 85.9 Å². The van der Waals surface area contributed by atoms with E-state index in [0.717, 1.165) is 10.6 Å². The molecular weight excluding hydrogens is 194 g/mol. The largest absolute Gasteiger partial charge is 0.507 e. The molecule has 2 aromatic rings. The van der Waals surface area contributed by atoms with Gasteiger partial charge in [-0.05, 0) is 18.1 Å². The highest BCUT2D eigenvalue weighted by Crippen LogP contribution is 2.30. The number of terminal acetylenes is 1. The third kappa shape index (κ3) is 1.48. The number of phenolic OH excluding ortho intramolecular Hbond substituents is 1. The average molecular weight is 201 g/mol. The number of aromatic nitrogens is 1. The van der Waals surface area contributed by atoms with Crippen molar-refractivity contribution in [3.63, 3.8) is 0 Å². The first kappa shape index (κ1) is 8.79. The quantitative estimate of drug-likeness (QED) is 0.719. The maximum absolute atomic E-state index is 9.56. The number of aromatic hydroxyl groups is 1. The summed E-state index contributed by atoms with van der Waals surface area (Å²) in [5.74, 6) is 2.68. The molecule has 0 aliphatic rings. The van der Waals surface area contributed by atoms with Crippen molar-refractivity contribution in [3.05, 3.63) is 35.3 Å². The van der Waals surface area contributed by atoms with E-state index in [4.69, 9.17) is 6.42 Å². The van der Waals surface area contributed by atoms with Gasteiger partial charge in [-0.1, -0.05) is 12.1 Å². The van der Waals surface area contributed by atoms with Crippen LogP contribution < -0.4 is 0 Å². The minimum Gasteiger partial charge on any atom is -0.507 e. The van der Waals surface area contributed by atoms with Crippen LogP contribution in [0.25, 0.3) is 10.6 Å². The van der Waals surface area contributed by atoms with Gasteiger partial charge >= 0.3 is 0 Å². The molecular formula is C11H7NOS. The normalized spacial score (nSPS) is 9.64. The van der Waals surface area contributed by atoms with Gasteiger partial charge in [0.2, 0.25) is 0 Å². The molecule has 0 saturated carbocycles. The molecule has 1 heterocycles. The fraction of sp³-hybridized carbons (Fsp3) is 0. The minimum atomic E-state index is 0.227. The van der Waals surface area contributed by atoms with Crippen LogP contribution >= 0.6 is 11.3 Å². The van der Waals surface area contributed by atoms with Crippen molar-refractivity contribution in [3.8, 4) is 28.7 Å². The number of rotatable bonds is 1. The van der Waals surface area contributed by atoms with E-state index in [1.165, 1.54) is 11.3 Å². The van der Waals surface area contributed by atoms with Gasteiger partial charge in [-0.25, -0.2) is 4.98 Å². The fourth-order valence-electron chi connectivity index (χ4n) is 1.12. The lowest BCUT2D eigenvalue weighted by Gasteiger charge is -1.98. The molecule has 2 rings (SSSR count). The van der Waals surface area contributed by atoms with Gasteiger partial charge in [0.05, 0.1) is 5.56 Å². The molecule has 0 aliphatic carbocycles. The van der Waals surface area contributed by atoms with Crippen molar-refractivity contribution >= 4 is 11.3 Å². The highest BCUT2D eigenvalue weighted by atomic mass is 32.1. The van der Waals surface area contributed by atoms with E-state index in [9.17, 15) is 5.11 Å². The standard InChI is InChI=1S/C11H7NOS/c1-2-8-7-14-11(12-8)9-5-3-4-6-10(9)13/h1,3-7,13H. The summed E-state index contributed by atoms with van der Waals surface area (Å²) in [5, 5.41) is 12.1. The highest BCUT2D eigenvalue weighted by molar-refractivity contribution is 7.13. The van der Waals surface area contributed by atoms with E-state index < -0.39 is 0 Å². The van der Waals surface area contributed by atoms with Crippen molar-refractivity contribution in [2.24, 2.45) is 0 Å². The van der Waals surface area contributed by atoms with E-state index in [0.29, 0.717) is 5.69 Å². The molecule has 3 heteroatoms. The molecule has 1 aromatic carbocycles. The number of phenols is 1. The van der Waals surface area contributed by atoms with Gasteiger partial charge in [0.25, 0.3) is 0 Å². The summed E-state index contributed by atoms with van der Waals surface area (Å²) >= 11 is 1.43. The average Bonchev–Trinajstić information content (AvgIpc) is 2.67. The summed E-state index contributed by atoms with van der Waals surface area (Å²) in [7, 11) is 0. The Bertz CT molecular complexity index is 496. The third-order valence-electron chi connectivity index (χ3n) is 1.79. The lowest BCUT2D eigenvalue weighted by Crippen LogP contribution is -1.78. The maximum atomic E-state index is 9.56. The van der Waals surface area contributed by atoms with Crippen LogP contribution in [0.2, 0.25) is 0 Å². The van der Waals surface area contributed by atoms with Crippen molar-refractivity contribution in [1.29, 1.82) is 0 Å². The van der Waals surface area contributed by atoms with Crippen molar-refractivity contribution in [2.45, 2.75) is 0 Å². The summed E-state index contributed by atoms with van der Waals surface area (Å²) in [6.45, 7) is 0. The molecule has 0 spiro atoms. The van der Waals surface area contributed by atoms with Crippen LogP contribution in [0.5, 0.6) is 5.75 Å². The van der Waals surface area contributed by atoms with Crippen LogP contribution in [-0.4, -0.2) is 10.1 Å². The van der Waals surface area contributed by atoms with E-state index in [2.05, 4.69) is 10.9 Å². The van der Waals surface area contributed by atoms with Crippen LogP contribution in [0.4, 0.5) is 0 Å². The van der Waals surface area contributed by atoms with Gasteiger partial charge < -0.3 is 5.11 Å². The first-order valence-electron chi connectivity index (χ1n) is 4.02. The van der Waals surface area contributed by atoms with Crippen molar-refractivity contribution in [1.82, 2.24) is 4.98 Å². The van der Waals surface area contributed by atoms with Crippen molar-refractivity contribution in [2.75, 3.05) is 0 Å². The number of para-hydroxylation sites is 1. The first-order valence-corrected chi connectivity index (χ1v) is 4.90. The lowest BCUT2D eigenvalue weighted by atomic mass is 10.2. The molecule has 0 aliphatic heterocycles. The van der Waals surface area contributed by atoms with Crippen LogP contribution in [-0.2, 0) is 0 Å². The zero-order valence-electron chi connectivity index (χ0n) is 7.27. The Morgan fingerprint density at radius 3 is 2.79 bits per heavy atom. The van der Waals surface area contributed by atoms with Gasteiger partial charge in [0.15, 0.2) is 0 Å². The molecule has 0 fully saturated rings. The smallest absolute Gasteiger partial charge is 0.128 e. The Hall–Kier alpha value is -1.79. The third-order valence-corrected chi connectivity index (χ3v) is 2.66. The van der Waals surface area contributed by atoms with E-state index in [-0.39, 0.29) is 5.75 Å². The molecule has 68 valence electrons. The molecule has 0 unspecified atom stereocenters. The Balaban J connectivity index is 2.51. The predicted molar refractivity (Wildman–Crippen MR) is 57.1 cm³/mol. The zero-order chi connectivity index (χ0) is 9.97. The Morgan fingerprint density at radius 1 is 1.36 bits per heavy atom.